The summed E-state index contributed by atoms with van der Waals surface area (Å²) >= 11 is 7.40. The second-order valence-electron chi connectivity index (χ2n) is 5.96. The van der Waals surface area contributed by atoms with Gasteiger partial charge in [0.1, 0.15) is 0 Å². The van der Waals surface area contributed by atoms with Gasteiger partial charge in [-0.05, 0) is 42.7 Å². The number of hydrogen-bond donors (Lipinski definition) is 1. The molecule has 0 radical (unpaired) electrons. The first-order chi connectivity index (χ1) is 12.9. The van der Waals surface area contributed by atoms with E-state index in [2.05, 4.69) is 5.32 Å². The summed E-state index contributed by atoms with van der Waals surface area (Å²) in [4.78, 5) is 38.8. The zero-order valence-electron chi connectivity index (χ0n) is 15.2. The Morgan fingerprint density at radius 1 is 1.00 bits per heavy atom. The first-order valence-electron chi connectivity index (χ1n) is 8.35. The van der Waals surface area contributed by atoms with Crippen LogP contribution in [0.5, 0.6) is 0 Å². The van der Waals surface area contributed by atoms with Gasteiger partial charge in [0.2, 0.25) is 11.8 Å². The lowest BCUT2D eigenvalue weighted by atomic mass is 10.1. The van der Waals surface area contributed by atoms with Gasteiger partial charge in [0, 0.05) is 41.1 Å². The van der Waals surface area contributed by atoms with Gasteiger partial charge in [-0.15, -0.1) is 11.8 Å². The molecule has 0 aromatic heterocycles. The Balaban J connectivity index is 1.79. The lowest BCUT2D eigenvalue weighted by molar-refractivity contribution is -0.133. The van der Waals surface area contributed by atoms with Crippen molar-refractivity contribution in [2.45, 2.75) is 17.7 Å². The van der Waals surface area contributed by atoms with Crippen molar-refractivity contribution in [2.75, 3.05) is 25.2 Å². The standard InChI is InChI=1S/C20H21ClN2O3S/c1-23(13-19(25)22-16-7-5-15(21)6-8-16)20(26)12-11-18(24)14-3-9-17(27-2)10-4-14/h3-10H,11-13H2,1-2H3,(H,22,25). The predicted octanol–water partition coefficient (Wildman–Crippen LogP) is 4.12. The molecule has 0 unspecified atom stereocenters. The summed E-state index contributed by atoms with van der Waals surface area (Å²) in [6.07, 6.45) is 2.14. The van der Waals surface area contributed by atoms with Crippen LogP contribution in [0.4, 0.5) is 5.69 Å². The quantitative estimate of drug-likeness (QED) is 0.530. The molecule has 2 aromatic carbocycles. The van der Waals surface area contributed by atoms with Crippen molar-refractivity contribution in [1.82, 2.24) is 4.90 Å². The molecule has 0 fully saturated rings. The third-order valence-corrected chi connectivity index (χ3v) is 4.91. The van der Waals surface area contributed by atoms with Crippen LogP contribution in [-0.2, 0) is 9.59 Å². The maximum atomic E-state index is 12.2. The van der Waals surface area contributed by atoms with Gasteiger partial charge in [0.25, 0.3) is 0 Å². The Bertz CT molecular complexity index is 807. The highest BCUT2D eigenvalue weighted by molar-refractivity contribution is 7.98. The van der Waals surface area contributed by atoms with Crippen molar-refractivity contribution in [3.05, 3.63) is 59.1 Å². The number of nitrogens with zero attached hydrogens (tertiary/aromatic N) is 1. The number of halogens is 1. The Labute approximate surface area is 168 Å². The van der Waals surface area contributed by atoms with Gasteiger partial charge in [-0.25, -0.2) is 0 Å². The number of anilines is 1. The van der Waals surface area contributed by atoms with Crippen LogP contribution in [0.25, 0.3) is 0 Å². The van der Waals surface area contributed by atoms with Gasteiger partial charge < -0.3 is 10.2 Å². The minimum absolute atomic E-state index is 0.0633. The third-order valence-electron chi connectivity index (χ3n) is 3.91. The molecule has 2 rings (SSSR count). The smallest absolute Gasteiger partial charge is 0.243 e. The van der Waals surface area contributed by atoms with Crippen molar-refractivity contribution in [3.8, 4) is 0 Å². The van der Waals surface area contributed by atoms with E-state index in [-0.39, 0.29) is 37.0 Å². The molecule has 0 atom stereocenters. The molecular formula is C20H21ClN2O3S. The van der Waals surface area contributed by atoms with E-state index in [1.54, 1.807) is 55.2 Å². The highest BCUT2D eigenvalue weighted by Crippen LogP contribution is 2.16. The average Bonchev–Trinajstić information content (AvgIpc) is 2.67. The summed E-state index contributed by atoms with van der Waals surface area (Å²) in [6.45, 7) is -0.0852. The van der Waals surface area contributed by atoms with Crippen molar-refractivity contribution in [1.29, 1.82) is 0 Å². The molecule has 0 saturated carbocycles. The number of carbonyl (C=O) groups excluding carboxylic acids is 3. The van der Waals surface area contributed by atoms with Gasteiger partial charge in [-0.3, -0.25) is 14.4 Å². The fourth-order valence-electron chi connectivity index (χ4n) is 2.37. The number of carbonyl (C=O) groups is 3. The van der Waals surface area contributed by atoms with Gasteiger partial charge in [0.15, 0.2) is 5.78 Å². The zero-order valence-corrected chi connectivity index (χ0v) is 16.8. The van der Waals surface area contributed by atoms with Crippen molar-refractivity contribution in [3.63, 3.8) is 0 Å². The van der Waals surface area contributed by atoms with Crippen molar-refractivity contribution in [2.24, 2.45) is 0 Å². The summed E-state index contributed by atoms with van der Waals surface area (Å²) in [7, 11) is 1.54. The Kier molecular flexibility index (Phi) is 7.88. The van der Waals surface area contributed by atoms with Gasteiger partial charge in [-0.1, -0.05) is 23.7 Å². The molecule has 1 N–H and O–H groups in total. The second kappa shape index (κ2) is 10.1. The molecule has 27 heavy (non-hydrogen) atoms. The molecule has 0 aliphatic carbocycles. The number of nitrogens with one attached hydrogen (secondary N) is 1. The van der Waals surface area contributed by atoms with Crippen LogP contribution in [-0.4, -0.2) is 42.3 Å². The van der Waals surface area contributed by atoms with Gasteiger partial charge in [0.05, 0.1) is 6.54 Å². The minimum atomic E-state index is -0.313. The second-order valence-corrected chi connectivity index (χ2v) is 7.27. The Morgan fingerprint density at radius 3 is 2.22 bits per heavy atom. The SMILES string of the molecule is CSc1ccc(C(=O)CCC(=O)N(C)CC(=O)Nc2ccc(Cl)cc2)cc1. The zero-order chi connectivity index (χ0) is 19.8. The van der Waals surface area contributed by atoms with Crippen LogP contribution in [0.1, 0.15) is 23.2 Å². The van der Waals surface area contributed by atoms with Crippen LogP contribution in [0.3, 0.4) is 0 Å². The lowest BCUT2D eigenvalue weighted by Gasteiger charge is -2.16. The topological polar surface area (TPSA) is 66.5 Å². The van der Waals surface area contributed by atoms with E-state index in [0.29, 0.717) is 16.3 Å². The number of ketones is 1. The van der Waals surface area contributed by atoms with E-state index < -0.39 is 0 Å². The fourth-order valence-corrected chi connectivity index (χ4v) is 2.90. The average molecular weight is 405 g/mol. The molecule has 0 aliphatic rings. The number of rotatable bonds is 8. The molecule has 5 nitrogen and oxygen atoms in total. The molecule has 7 heteroatoms. The summed E-state index contributed by atoms with van der Waals surface area (Å²) in [5, 5.41) is 3.27. The molecular weight excluding hydrogens is 384 g/mol. The first kappa shape index (κ1) is 21.0. The summed E-state index contributed by atoms with van der Waals surface area (Å²) < 4.78 is 0. The van der Waals surface area contributed by atoms with Gasteiger partial charge in [-0.2, -0.15) is 0 Å². The minimum Gasteiger partial charge on any atom is -0.336 e. The number of benzene rings is 2. The fraction of sp³-hybridized carbons (Fsp3) is 0.250. The summed E-state index contributed by atoms with van der Waals surface area (Å²) in [5.74, 6) is -0.655. The van der Waals surface area contributed by atoms with E-state index in [1.165, 1.54) is 4.90 Å². The van der Waals surface area contributed by atoms with Crippen LogP contribution >= 0.6 is 23.4 Å². The van der Waals surface area contributed by atoms with Crippen LogP contribution in [0.2, 0.25) is 5.02 Å². The Hall–Kier alpha value is -2.31. The molecule has 2 aromatic rings. The van der Waals surface area contributed by atoms with Crippen LogP contribution < -0.4 is 5.32 Å². The molecule has 0 bridgehead atoms. The molecule has 0 heterocycles. The number of hydrogen-bond acceptors (Lipinski definition) is 4. The lowest BCUT2D eigenvalue weighted by Crippen LogP contribution is -2.35. The van der Waals surface area contributed by atoms with Crippen molar-refractivity contribution >= 4 is 46.6 Å². The van der Waals surface area contributed by atoms with Crippen molar-refractivity contribution < 1.29 is 14.4 Å². The summed E-state index contributed by atoms with van der Waals surface area (Å²) in [6, 6.07) is 14.0. The molecule has 0 spiro atoms. The number of Topliss-reactive ketones (excluding diaryl/α,β-unsaturated/α-hetero) is 1. The number of likely N-dealkylation sites (N-methyl/N-ethyl adjacent to an activating group) is 1. The highest BCUT2D eigenvalue weighted by atomic mass is 35.5. The maximum Gasteiger partial charge on any atom is 0.243 e. The van der Waals surface area contributed by atoms with Crippen LogP contribution in [0, 0.1) is 0 Å². The molecule has 142 valence electrons. The third kappa shape index (κ3) is 6.73. The van der Waals surface area contributed by atoms with E-state index in [1.807, 2.05) is 18.4 Å². The maximum absolute atomic E-state index is 12.2. The van der Waals surface area contributed by atoms with E-state index in [4.69, 9.17) is 11.6 Å². The van der Waals surface area contributed by atoms with Gasteiger partial charge >= 0.3 is 0 Å². The predicted molar refractivity (Wildman–Crippen MR) is 110 cm³/mol. The molecule has 2 amide bonds. The van der Waals surface area contributed by atoms with E-state index >= 15 is 0 Å². The Morgan fingerprint density at radius 2 is 1.63 bits per heavy atom. The summed E-state index contributed by atoms with van der Waals surface area (Å²) in [5.41, 5.74) is 1.19. The largest absolute Gasteiger partial charge is 0.336 e. The number of thioether (sulfide) groups is 1. The monoisotopic (exact) mass is 404 g/mol. The van der Waals surface area contributed by atoms with E-state index in [9.17, 15) is 14.4 Å². The normalized spacial score (nSPS) is 10.3. The highest BCUT2D eigenvalue weighted by Gasteiger charge is 2.15. The first-order valence-corrected chi connectivity index (χ1v) is 9.96. The molecule has 0 saturated heterocycles. The molecule has 0 aliphatic heterocycles. The van der Waals surface area contributed by atoms with E-state index in [0.717, 1.165) is 4.90 Å². The van der Waals surface area contributed by atoms with Crippen LogP contribution in [0.15, 0.2) is 53.4 Å². The number of amides is 2.